The number of hydrogen-bond acceptors (Lipinski definition) is 5. The summed E-state index contributed by atoms with van der Waals surface area (Å²) in [6, 6.07) is 11.7. The predicted molar refractivity (Wildman–Crippen MR) is 127 cm³/mol. The van der Waals surface area contributed by atoms with Gasteiger partial charge in [0.2, 0.25) is 0 Å². The Balaban J connectivity index is 1.91. The van der Waals surface area contributed by atoms with Gasteiger partial charge in [0.25, 0.3) is 11.8 Å². The molecule has 0 aliphatic rings. The van der Waals surface area contributed by atoms with E-state index < -0.39 is 11.8 Å². The third-order valence-electron chi connectivity index (χ3n) is 3.77. The Morgan fingerprint density at radius 2 is 1.84 bits per heavy atom. The molecular formula is C22H24BrN3O4S. The number of rotatable bonds is 8. The van der Waals surface area contributed by atoms with E-state index in [2.05, 4.69) is 52.5 Å². The van der Waals surface area contributed by atoms with Crippen LogP contribution < -0.4 is 25.6 Å². The van der Waals surface area contributed by atoms with Crippen LogP contribution in [0, 0.1) is 5.92 Å². The minimum atomic E-state index is -0.467. The molecule has 0 radical (unpaired) electrons. The number of benzene rings is 2. The number of para-hydroxylation sites is 1. The highest BCUT2D eigenvalue weighted by molar-refractivity contribution is 9.10. The summed E-state index contributed by atoms with van der Waals surface area (Å²) >= 11 is 8.50. The van der Waals surface area contributed by atoms with Crippen molar-refractivity contribution in [3.8, 4) is 11.5 Å². The van der Waals surface area contributed by atoms with Gasteiger partial charge in [-0.2, -0.15) is 0 Å². The van der Waals surface area contributed by atoms with E-state index in [-0.39, 0.29) is 11.7 Å². The number of hydrogen-bond donors (Lipinski definition) is 3. The average molecular weight is 506 g/mol. The zero-order valence-corrected chi connectivity index (χ0v) is 19.6. The molecule has 0 fully saturated rings. The minimum absolute atomic E-state index is 0.0564. The third-order valence-corrected chi connectivity index (χ3v) is 4.60. The van der Waals surface area contributed by atoms with Gasteiger partial charge in [-0.15, -0.1) is 0 Å². The van der Waals surface area contributed by atoms with Gasteiger partial charge in [-0.25, -0.2) is 0 Å². The van der Waals surface area contributed by atoms with Crippen LogP contribution in [0.5, 0.6) is 11.5 Å². The monoisotopic (exact) mass is 505 g/mol. The largest absolute Gasteiger partial charge is 0.492 e. The summed E-state index contributed by atoms with van der Waals surface area (Å²) in [6.07, 6.45) is 1.58. The van der Waals surface area contributed by atoms with Gasteiger partial charge in [0, 0.05) is 5.56 Å². The van der Waals surface area contributed by atoms with E-state index in [1.807, 2.05) is 0 Å². The maximum atomic E-state index is 12.4. The first-order valence-corrected chi connectivity index (χ1v) is 10.7. The van der Waals surface area contributed by atoms with Gasteiger partial charge in [0.15, 0.2) is 5.11 Å². The highest BCUT2D eigenvalue weighted by atomic mass is 79.9. The van der Waals surface area contributed by atoms with E-state index in [0.717, 1.165) is 0 Å². The zero-order valence-electron chi connectivity index (χ0n) is 17.2. The van der Waals surface area contributed by atoms with Crippen LogP contribution in [0.4, 0.5) is 0 Å². The van der Waals surface area contributed by atoms with E-state index in [4.69, 9.17) is 21.7 Å². The summed E-state index contributed by atoms with van der Waals surface area (Å²) in [6.45, 7) is 8.52. The molecule has 164 valence electrons. The molecule has 3 N–H and O–H groups in total. The lowest BCUT2D eigenvalue weighted by Gasteiger charge is -2.14. The summed E-state index contributed by atoms with van der Waals surface area (Å²) in [4.78, 5) is 24.8. The maximum Gasteiger partial charge on any atom is 0.273 e. The molecule has 2 rings (SSSR count). The molecule has 2 aromatic rings. The Bertz CT molecular complexity index is 966. The second kappa shape index (κ2) is 12.1. The van der Waals surface area contributed by atoms with Crippen LogP contribution in [0.15, 0.2) is 59.6 Å². The smallest absolute Gasteiger partial charge is 0.273 e. The van der Waals surface area contributed by atoms with E-state index >= 15 is 0 Å². The molecule has 0 saturated heterocycles. The normalized spacial score (nSPS) is 10.2. The zero-order chi connectivity index (χ0) is 22.8. The van der Waals surface area contributed by atoms with E-state index in [0.29, 0.717) is 39.6 Å². The fourth-order valence-corrected chi connectivity index (χ4v) is 2.97. The van der Waals surface area contributed by atoms with Crippen molar-refractivity contribution in [3.63, 3.8) is 0 Å². The van der Waals surface area contributed by atoms with Crippen LogP contribution in [0.3, 0.4) is 0 Å². The van der Waals surface area contributed by atoms with Crippen molar-refractivity contribution in [3.05, 3.63) is 70.7 Å². The van der Waals surface area contributed by atoms with Gasteiger partial charge >= 0.3 is 0 Å². The van der Waals surface area contributed by atoms with E-state index in [9.17, 15) is 9.59 Å². The summed E-state index contributed by atoms with van der Waals surface area (Å²) in [5.41, 5.74) is 5.64. The van der Waals surface area contributed by atoms with Crippen molar-refractivity contribution in [1.29, 1.82) is 0 Å². The number of carbonyl (C=O) groups excluding carboxylic acids is 2. The topological polar surface area (TPSA) is 88.7 Å². The summed E-state index contributed by atoms with van der Waals surface area (Å²) in [7, 11) is 0. The lowest BCUT2D eigenvalue weighted by atomic mass is 10.2. The van der Waals surface area contributed by atoms with E-state index in [1.54, 1.807) is 48.5 Å². The predicted octanol–water partition coefficient (Wildman–Crippen LogP) is 4.00. The Hall–Kier alpha value is -2.91. The molecule has 0 atom stereocenters. The summed E-state index contributed by atoms with van der Waals surface area (Å²) < 4.78 is 11.8. The van der Waals surface area contributed by atoms with Gasteiger partial charge in [-0.3, -0.25) is 25.8 Å². The molecule has 0 spiro atoms. The van der Waals surface area contributed by atoms with Gasteiger partial charge in [-0.05, 0) is 64.4 Å². The van der Waals surface area contributed by atoms with Crippen LogP contribution in [-0.4, -0.2) is 30.1 Å². The van der Waals surface area contributed by atoms with Crippen molar-refractivity contribution < 1.29 is 19.1 Å². The molecule has 0 unspecified atom stereocenters. The van der Waals surface area contributed by atoms with Crippen molar-refractivity contribution >= 4 is 45.1 Å². The first-order valence-electron chi connectivity index (χ1n) is 9.48. The Kier molecular flexibility index (Phi) is 9.48. The van der Waals surface area contributed by atoms with Gasteiger partial charge in [0.05, 0.1) is 16.6 Å². The highest BCUT2D eigenvalue weighted by Gasteiger charge is 2.14. The third kappa shape index (κ3) is 7.69. The molecule has 0 bridgehead atoms. The fourth-order valence-electron chi connectivity index (χ4n) is 2.33. The van der Waals surface area contributed by atoms with Crippen LogP contribution >= 0.6 is 28.1 Å². The van der Waals surface area contributed by atoms with Crippen LogP contribution in [0.25, 0.3) is 0 Å². The lowest BCUT2D eigenvalue weighted by molar-refractivity contribution is 0.0931. The number of ether oxygens (including phenoxy) is 2. The first kappa shape index (κ1) is 24.4. The second-order valence-corrected chi connectivity index (χ2v) is 8.07. The molecule has 7 nitrogen and oxygen atoms in total. The Morgan fingerprint density at radius 1 is 1.10 bits per heavy atom. The van der Waals surface area contributed by atoms with E-state index in [1.165, 1.54) is 0 Å². The van der Waals surface area contributed by atoms with Gasteiger partial charge in [0.1, 0.15) is 18.1 Å². The first-order chi connectivity index (χ1) is 14.8. The van der Waals surface area contributed by atoms with Crippen LogP contribution in [-0.2, 0) is 0 Å². The molecule has 2 amide bonds. The lowest BCUT2D eigenvalue weighted by Crippen LogP contribution is -2.48. The Labute approximate surface area is 195 Å². The van der Waals surface area contributed by atoms with Gasteiger partial charge in [-0.1, -0.05) is 38.6 Å². The SMILES string of the molecule is C=CCOc1ccccc1C(=O)NNC(=S)NC(=O)c1ccc(OCC(C)C)c(Br)c1. The molecule has 2 aromatic carbocycles. The number of nitrogens with one attached hydrogen (secondary N) is 3. The van der Waals surface area contributed by atoms with Crippen molar-refractivity contribution in [1.82, 2.24) is 16.2 Å². The number of amides is 2. The highest BCUT2D eigenvalue weighted by Crippen LogP contribution is 2.26. The number of thiocarbonyl (C=S) groups is 1. The summed E-state index contributed by atoms with van der Waals surface area (Å²) in [5.74, 6) is 0.536. The second-order valence-electron chi connectivity index (χ2n) is 6.81. The van der Waals surface area contributed by atoms with Crippen molar-refractivity contribution in [2.45, 2.75) is 13.8 Å². The quantitative estimate of drug-likeness (QED) is 0.285. The molecule has 0 aliphatic heterocycles. The standard InChI is InChI=1S/C22H24BrN3O4S/c1-4-11-29-18-8-6-5-7-16(18)21(28)25-26-22(31)24-20(27)15-9-10-19(17(23)12-15)30-13-14(2)3/h4-10,12,14H,1,11,13H2,2-3H3,(H,25,28)(H2,24,26,27,31). The Morgan fingerprint density at radius 3 is 2.52 bits per heavy atom. The molecular weight excluding hydrogens is 482 g/mol. The van der Waals surface area contributed by atoms with Gasteiger partial charge < -0.3 is 9.47 Å². The number of halogens is 1. The fraction of sp³-hybridized carbons (Fsp3) is 0.227. The average Bonchev–Trinajstić information content (AvgIpc) is 2.75. The molecule has 0 aromatic heterocycles. The summed E-state index contributed by atoms with van der Waals surface area (Å²) in [5, 5.41) is 2.45. The molecule has 0 saturated carbocycles. The molecule has 31 heavy (non-hydrogen) atoms. The van der Waals surface area contributed by atoms with Crippen molar-refractivity contribution in [2.24, 2.45) is 5.92 Å². The van der Waals surface area contributed by atoms with Crippen LogP contribution in [0.1, 0.15) is 34.6 Å². The minimum Gasteiger partial charge on any atom is -0.492 e. The van der Waals surface area contributed by atoms with Crippen LogP contribution in [0.2, 0.25) is 0 Å². The number of hydrazine groups is 1. The maximum absolute atomic E-state index is 12.4. The number of carbonyl (C=O) groups is 2. The van der Waals surface area contributed by atoms with Crippen molar-refractivity contribution in [2.75, 3.05) is 13.2 Å². The molecule has 9 heteroatoms. The molecule has 0 heterocycles. The molecule has 0 aliphatic carbocycles.